The van der Waals surface area contributed by atoms with E-state index < -0.39 is 4.92 Å². The van der Waals surface area contributed by atoms with Crippen molar-refractivity contribution >= 4 is 47.0 Å². The number of nitrogens with zero attached hydrogens (tertiary/aromatic N) is 6. The number of aromatic nitrogens is 3. The van der Waals surface area contributed by atoms with Crippen LogP contribution in [0.4, 0.5) is 29.2 Å². The first kappa shape index (κ1) is 23.3. The van der Waals surface area contributed by atoms with Gasteiger partial charge in [0, 0.05) is 30.4 Å². The molecular weight excluding hydrogens is 460 g/mol. The van der Waals surface area contributed by atoms with Crippen molar-refractivity contribution in [3.63, 3.8) is 0 Å². The number of nitro benzene ring substituents is 1. The van der Waals surface area contributed by atoms with Crippen LogP contribution >= 0.6 is 11.6 Å². The fourth-order valence-corrected chi connectivity index (χ4v) is 3.47. The minimum Gasteiger partial charge on any atom is -0.378 e. The van der Waals surface area contributed by atoms with Gasteiger partial charge in [0.25, 0.3) is 5.69 Å². The van der Waals surface area contributed by atoms with Crippen molar-refractivity contribution in [2.24, 2.45) is 5.10 Å². The number of nitrogens with one attached hydrogen (secondary N) is 2. The molecule has 2 N–H and O–H groups in total. The molecule has 0 aliphatic carbocycles. The van der Waals surface area contributed by atoms with E-state index >= 15 is 0 Å². The van der Waals surface area contributed by atoms with E-state index in [1.54, 1.807) is 6.07 Å². The molecule has 11 nitrogen and oxygen atoms in total. The lowest BCUT2D eigenvalue weighted by molar-refractivity contribution is -0.384. The van der Waals surface area contributed by atoms with Gasteiger partial charge in [0.2, 0.25) is 17.8 Å². The van der Waals surface area contributed by atoms with Crippen LogP contribution < -0.4 is 15.6 Å². The van der Waals surface area contributed by atoms with Crippen LogP contribution in [0.3, 0.4) is 0 Å². The minimum absolute atomic E-state index is 0.0601. The average Bonchev–Trinajstić information content (AvgIpc) is 2.83. The highest BCUT2D eigenvalue weighted by Gasteiger charge is 2.17. The maximum Gasteiger partial charge on any atom is 0.288 e. The zero-order valence-electron chi connectivity index (χ0n) is 18.7. The van der Waals surface area contributed by atoms with Crippen molar-refractivity contribution < 1.29 is 9.66 Å². The molecule has 12 heteroatoms. The number of benzene rings is 2. The second kappa shape index (κ2) is 10.4. The Morgan fingerprint density at radius 3 is 2.65 bits per heavy atom. The summed E-state index contributed by atoms with van der Waals surface area (Å²) in [5.41, 5.74) is 6.15. The van der Waals surface area contributed by atoms with Gasteiger partial charge in [0.1, 0.15) is 5.02 Å². The summed E-state index contributed by atoms with van der Waals surface area (Å²) in [4.78, 5) is 26.1. The number of rotatable bonds is 7. The van der Waals surface area contributed by atoms with Crippen molar-refractivity contribution in [1.29, 1.82) is 0 Å². The first-order valence-electron chi connectivity index (χ1n) is 10.5. The molecule has 0 spiro atoms. The lowest BCUT2D eigenvalue weighted by Crippen LogP contribution is -2.37. The molecule has 0 bridgehead atoms. The molecule has 1 aliphatic heterocycles. The molecule has 2 heterocycles. The number of hydrazone groups is 1. The van der Waals surface area contributed by atoms with E-state index in [1.165, 1.54) is 18.3 Å². The third kappa shape index (κ3) is 5.74. The molecule has 1 aliphatic rings. The summed E-state index contributed by atoms with van der Waals surface area (Å²) in [6, 6.07) is 10.5. The molecule has 0 unspecified atom stereocenters. The Kier molecular flexibility index (Phi) is 7.14. The zero-order valence-corrected chi connectivity index (χ0v) is 19.4. The first-order chi connectivity index (χ1) is 16.4. The summed E-state index contributed by atoms with van der Waals surface area (Å²) in [7, 11) is 0. The first-order valence-corrected chi connectivity index (χ1v) is 10.9. The lowest BCUT2D eigenvalue weighted by atomic mass is 10.1. The Hall–Kier alpha value is -3.83. The van der Waals surface area contributed by atoms with E-state index in [1.807, 2.05) is 36.9 Å². The van der Waals surface area contributed by atoms with Gasteiger partial charge in [0.05, 0.1) is 24.4 Å². The second-order valence-corrected chi connectivity index (χ2v) is 8.07. The van der Waals surface area contributed by atoms with Crippen LogP contribution in [0.15, 0.2) is 41.5 Å². The molecule has 4 rings (SSSR count). The molecular formula is C22H23ClN8O3. The van der Waals surface area contributed by atoms with Crippen molar-refractivity contribution in [2.45, 2.75) is 13.8 Å². The average molecular weight is 483 g/mol. The van der Waals surface area contributed by atoms with Crippen LogP contribution in [0.1, 0.15) is 16.7 Å². The van der Waals surface area contributed by atoms with E-state index in [2.05, 4.69) is 30.8 Å². The number of ether oxygens (including phenoxy) is 1. The van der Waals surface area contributed by atoms with Gasteiger partial charge < -0.3 is 15.0 Å². The van der Waals surface area contributed by atoms with E-state index in [9.17, 15) is 10.1 Å². The van der Waals surface area contributed by atoms with Crippen LogP contribution in [-0.2, 0) is 4.74 Å². The summed E-state index contributed by atoms with van der Waals surface area (Å²) in [6.45, 7) is 6.50. The number of hydrogen-bond donors (Lipinski definition) is 2. The summed E-state index contributed by atoms with van der Waals surface area (Å²) in [6.07, 6.45) is 1.43. The largest absolute Gasteiger partial charge is 0.378 e. The van der Waals surface area contributed by atoms with Crippen molar-refractivity contribution in [1.82, 2.24) is 15.0 Å². The van der Waals surface area contributed by atoms with Crippen LogP contribution in [0.25, 0.3) is 0 Å². The number of hydrogen-bond acceptors (Lipinski definition) is 10. The third-order valence-electron chi connectivity index (χ3n) is 5.10. The molecule has 1 saturated heterocycles. The standard InChI is InChI=1S/C22H23ClN8O3/c1-14-3-4-15(2)18(11-14)25-20-26-21(28-22(27-20)30-7-9-34-10-8-30)29-24-13-16-5-6-17(23)19(12-16)31(32)33/h3-6,11-13H,7-10H2,1-2H3,(H2,25,26,27,28,29)/b24-13+. The van der Waals surface area contributed by atoms with E-state index in [0.29, 0.717) is 43.8 Å². The molecule has 1 fully saturated rings. The quantitative estimate of drug-likeness (QED) is 0.290. The predicted molar refractivity (Wildman–Crippen MR) is 131 cm³/mol. The predicted octanol–water partition coefficient (Wildman–Crippen LogP) is 4.08. The SMILES string of the molecule is Cc1ccc(C)c(Nc2nc(N/N=C/c3ccc(Cl)c([N+](=O)[O-])c3)nc(N3CCOCC3)n2)c1. The van der Waals surface area contributed by atoms with Gasteiger partial charge in [-0.2, -0.15) is 20.1 Å². The van der Waals surface area contributed by atoms with Crippen LogP contribution in [0, 0.1) is 24.0 Å². The Balaban J connectivity index is 1.60. The van der Waals surface area contributed by atoms with Crippen LogP contribution in [0.5, 0.6) is 0 Å². The van der Waals surface area contributed by atoms with Gasteiger partial charge in [-0.05, 0) is 37.1 Å². The fraction of sp³-hybridized carbons (Fsp3) is 0.273. The Morgan fingerprint density at radius 1 is 1.12 bits per heavy atom. The molecule has 176 valence electrons. The highest BCUT2D eigenvalue weighted by Crippen LogP contribution is 2.25. The van der Waals surface area contributed by atoms with Crippen molar-refractivity contribution in [2.75, 3.05) is 41.9 Å². The molecule has 0 saturated carbocycles. The van der Waals surface area contributed by atoms with Gasteiger partial charge in [-0.15, -0.1) is 0 Å². The van der Waals surface area contributed by atoms with Crippen molar-refractivity contribution in [3.8, 4) is 0 Å². The number of anilines is 4. The van der Waals surface area contributed by atoms with Gasteiger partial charge in [-0.25, -0.2) is 5.43 Å². The summed E-state index contributed by atoms with van der Waals surface area (Å²) in [5.74, 6) is 1.08. The van der Waals surface area contributed by atoms with E-state index in [4.69, 9.17) is 16.3 Å². The maximum absolute atomic E-state index is 11.1. The summed E-state index contributed by atoms with van der Waals surface area (Å²) >= 11 is 5.87. The number of halogens is 1. The third-order valence-corrected chi connectivity index (χ3v) is 5.42. The van der Waals surface area contributed by atoms with Crippen LogP contribution in [-0.4, -0.2) is 52.4 Å². The molecule has 0 amide bonds. The Bertz CT molecular complexity index is 1230. The Labute approximate surface area is 201 Å². The zero-order chi connectivity index (χ0) is 24.1. The second-order valence-electron chi connectivity index (χ2n) is 7.66. The molecule has 3 aromatic rings. The Morgan fingerprint density at radius 2 is 1.88 bits per heavy atom. The van der Waals surface area contributed by atoms with Gasteiger partial charge >= 0.3 is 0 Å². The normalized spacial score (nSPS) is 13.8. The maximum atomic E-state index is 11.1. The number of morpholine rings is 1. The lowest BCUT2D eigenvalue weighted by Gasteiger charge is -2.27. The van der Waals surface area contributed by atoms with Gasteiger partial charge in [-0.1, -0.05) is 29.8 Å². The number of nitro groups is 1. The highest BCUT2D eigenvalue weighted by atomic mass is 35.5. The molecule has 0 radical (unpaired) electrons. The van der Waals surface area contributed by atoms with E-state index in [-0.39, 0.29) is 16.7 Å². The number of aryl methyl sites for hydroxylation is 2. The van der Waals surface area contributed by atoms with E-state index in [0.717, 1.165) is 16.8 Å². The minimum atomic E-state index is -0.543. The van der Waals surface area contributed by atoms with Gasteiger partial charge in [-0.3, -0.25) is 10.1 Å². The molecule has 2 aromatic carbocycles. The molecule has 1 aromatic heterocycles. The molecule has 0 atom stereocenters. The fourth-order valence-electron chi connectivity index (χ4n) is 3.28. The van der Waals surface area contributed by atoms with Gasteiger partial charge in [0.15, 0.2) is 0 Å². The van der Waals surface area contributed by atoms with Crippen LogP contribution in [0.2, 0.25) is 5.02 Å². The topological polar surface area (TPSA) is 131 Å². The molecule has 34 heavy (non-hydrogen) atoms. The summed E-state index contributed by atoms with van der Waals surface area (Å²) < 4.78 is 5.43. The smallest absolute Gasteiger partial charge is 0.288 e. The monoisotopic (exact) mass is 482 g/mol. The summed E-state index contributed by atoms with van der Waals surface area (Å²) in [5, 5.41) is 18.6. The van der Waals surface area contributed by atoms with Crippen molar-refractivity contribution in [3.05, 3.63) is 68.2 Å². The highest BCUT2D eigenvalue weighted by molar-refractivity contribution is 6.32.